The molecule has 0 fully saturated rings. The minimum atomic E-state index is -1.03. The number of hydrogen-bond donors (Lipinski definition) is 1. The van der Waals surface area contributed by atoms with Crippen molar-refractivity contribution >= 4 is 11.9 Å². The third kappa shape index (κ3) is 3.00. The molecule has 0 aliphatic carbocycles. The van der Waals surface area contributed by atoms with Crippen molar-refractivity contribution in [3.8, 4) is 5.75 Å². The van der Waals surface area contributed by atoms with Gasteiger partial charge >= 0.3 is 5.97 Å². The van der Waals surface area contributed by atoms with E-state index in [0.29, 0.717) is 11.3 Å². The molecule has 0 saturated heterocycles. The minimum Gasteiger partial charge on any atom is -0.496 e. The number of nitrogens with zero attached hydrogens (tertiary/aromatic N) is 1. The second-order valence-electron chi connectivity index (χ2n) is 4.19. The summed E-state index contributed by atoms with van der Waals surface area (Å²) in [5.74, 6) is -0.626. The number of benzene rings is 1. The summed E-state index contributed by atoms with van der Waals surface area (Å²) in [5.41, 5.74) is 2.10. The topological polar surface area (TPSA) is 66.8 Å². The number of carbonyl (C=O) groups excluding carboxylic acids is 1. The first-order chi connectivity index (χ1) is 8.36. The molecule has 98 valence electrons. The quantitative estimate of drug-likeness (QED) is 0.880. The molecule has 1 rings (SSSR count). The third-order valence-corrected chi connectivity index (χ3v) is 2.69. The van der Waals surface area contributed by atoms with Crippen LogP contribution in [0.1, 0.15) is 21.5 Å². The Labute approximate surface area is 106 Å². The first kappa shape index (κ1) is 14.0. The third-order valence-electron chi connectivity index (χ3n) is 2.69. The number of rotatable bonds is 4. The standard InChI is InChI=1S/C13H17NO4/c1-8-6-11(18-4)9(2)5-10(8)13(17)14(3)7-12(15)16/h5-6H,7H2,1-4H3,(H,15,16). The van der Waals surface area contributed by atoms with E-state index in [4.69, 9.17) is 9.84 Å². The number of likely N-dealkylation sites (N-methyl/N-ethyl adjacent to an activating group) is 1. The van der Waals surface area contributed by atoms with E-state index in [9.17, 15) is 9.59 Å². The van der Waals surface area contributed by atoms with Crippen molar-refractivity contribution in [1.82, 2.24) is 4.90 Å². The van der Waals surface area contributed by atoms with Crippen LogP contribution < -0.4 is 4.74 Å². The number of amides is 1. The summed E-state index contributed by atoms with van der Waals surface area (Å²) >= 11 is 0. The van der Waals surface area contributed by atoms with Gasteiger partial charge in [-0.3, -0.25) is 9.59 Å². The van der Waals surface area contributed by atoms with Crippen LogP contribution >= 0.6 is 0 Å². The SMILES string of the molecule is COc1cc(C)c(C(=O)N(C)CC(=O)O)cc1C. The molecule has 0 aliphatic rings. The van der Waals surface area contributed by atoms with Crippen molar-refractivity contribution in [2.24, 2.45) is 0 Å². The molecule has 0 heterocycles. The average Bonchev–Trinajstić information content (AvgIpc) is 2.29. The van der Waals surface area contributed by atoms with Crippen LogP contribution in [0, 0.1) is 13.8 Å². The van der Waals surface area contributed by atoms with Crippen molar-refractivity contribution in [3.05, 3.63) is 28.8 Å². The van der Waals surface area contributed by atoms with Gasteiger partial charge in [0.1, 0.15) is 12.3 Å². The van der Waals surface area contributed by atoms with E-state index < -0.39 is 5.97 Å². The molecular formula is C13H17NO4. The number of carbonyl (C=O) groups is 2. The van der Waals surface area contributed by atoms with Gasteiger partial charge in [-0.15, -0.1) is 0 Å². The Kier molecular flexibility index (Phi) is 4.31. The highest BCUT2D eigenvalue weighted by molar-refractivity contribution is 5.97. The molecule has 1 N–H and O–H groups in total. The van der Waals surface area contributed by atoms with Gasteiger partial charge in [0.15, 0.2) is 0 Å². The van der Waals surface area contributed by atoms with Crippen LogP contribution in [0.2, 0.25) is 0 Å². The predicted molar refractivity (Wildman–Crippen MR) is 67.1 cm³/mol. The Morgan fingerprint density at radius 1 is 1.28 bits per heavy atom. The van der Waals surface area contributed by atoms with Crippen LogP contribution in [0.15, 0.2) is 12.1 Å². The van der Waals surface area contributed by atoms with Gasteiger partial charge in [-0.1, -0.05) is 0 Å². The van der Waals surface area contributed by atoms with Gasteiger partial charge in [-0.2, -0.15) is 0 Å². The summed E-state index contributed by atoms with van der Waals surface area (Å²) in [6, 6.07) is 3.49. The molecule has 0 aliphatic heterocycles. The Morgan fingerprint density at radius 2 is 1.89 bits per heavy atom. The Morgan fingerprint density at radius 3 is 2.39 bits per heavy atom. The highest BCUT2D eigenvalue weighted by Crippen LogP contribution is 2.23. The molecule has 0 atom stereocenters. The largest absolute Gasteiger partial charge is 0.496 e. The molecule has 18 heavy (non-hydrogen) atoms. The summed E-state index contributed by atoms with van der Waals surface area (Å²) in [6.45, 7) is 3.32. The van der Waals surface area contributed by atoms with E-state index >= 15 is 0 Å². The van der Waals surface area contributed by atoms with E-state index in [1.54, 1.807) is 26.2 Å². The normalized spacial score (nSPS) is 10.0. The molecule has 0 bridgehead atoms. The molecule has 0 unspecified atom stereocenters. The minimum absolute atomic E-state index is 0.305. The second-order valence-corrected chi connectivity index (χ2v) is 4.19. The highest BCUT2D eigenvalue weighted by Gasteiger charge is 2.17. The molecule has 1 aromatic rings. The van der Waals surface area contributed by atoms with Crippen LogP contribution in [0.3, 0.4) is 0 Å². The molecule has 0 spiro atoms. The lowest BCUT2D eigenvalue weighted by molar-refractivity contribution is -0.137. The summed E-state index contributed by atoms with van der Waals surface area (Å²) in [5, 5.41) is 8.67. The van der Waals surface area contributed by atoms with Gasteiger partial charge in [0.25, 0.3) is 5.91 Å². The predicted octanol–water partition coefficient (Wildman–Crippen LogP) is 1.47. The average molecular weight is 251 g/mol. The maximum Gasteiger partial charge on any atom is 0.323 e. The van der Waals surface area contributed by atoms with Crippen molar-refractivity contribution in [2.45, 2.75) is 13.8 Å². The number of carboxylic acid groups (broad SMARTS) is 1. The Bertz CT molecular complexity index is 482. The van der Waals surface area contributed by atoms with E-state index in [1.807, 2.05) is 6.92 Å². The van der Waals surface area contributed by atoms with Crippen molar-refractivity contribution in [1.29, 1.82) is 0 Å². The molecule has 0 saturated carbocycles. The zero-order chi connectivity index (χ0) is 13.9. The van der Waals surface area contributed by atoms with Crippen LogP contribution in [-0.2, 0) is 4.79 Å². The van der Waals surface area contributed by atoms with Crippen LogP contribution in [-0.4, -0.2) is 42.6 Å². The van der Waals surface area contributed by atoms with Gasteiger partial charge in [0.2, 0.25) is 0 Å². The van der Waals surface area contributed by atoms with Crippen LogP contribution in [0.5, 0.6) is 5.75 Å². The highest BCUT2D eigenvalue weighted by atomic mass is 16.5. The van der Waals surface area contributed by atoms with Crippen LogP contribution in [0.25, 0.3) is 0 Å². The summed E-state index contributed by atoms with van der Waals surface area (Å²) in [4.78, 5) is 23.8. The lowest BCUT2D eigenvalue weighted by Crippen LogP contribution is -2.32. The Balaban J connectivity index is 3.06. The molecular weight excluding hydrogens is 234 g/mol. The summed E-state index contributed by atoms with van der Waals surface area (Å²) in [6.07, 6.45) is 0. The van der Waals surface area contributed by atoms with E-state index in [-0.39, 0.29) is 12.5 Å². The Hall–Kier alpha value is -2.04. The lowest BCUT2D eigenvalue weighted by atomic mass is 10.0. The fourth-order valence-corrected chi connectivity index (χ4v) is 1.72. The number of methoxy groups -OCH3 is 1. The molecule has 1 amide bonds. The van der Waals surface area contributed by atoms with Gasteiger partial charge in [0.05, 0.1) is 7.11 Å². The van der Waals surface area contributed by atoms with Gasteiger partial charge in [0, 0.05) is 12.6 Å². The molecule has 0 aromatic heterocycles. The zero-order valence-corrected chi connectivity index (χ0v) is 11.0. The number of ether oxygens (including phenoxy) is 1. The molecule has 0 radical (unpaired) electrons. The second kappa shape index (κ2) is 5.53. The summed E-state index contributed by atoms with van der Waals surface area (Å²) in [7, 11) is 3.04. The fourth-order valence-electron chi connectivity index (χ4n) is 1.72. The van der Waals surface area contributed by atoms with Gasteiger partial charge in [-0.05, 0) is 37.1 Å². The maximum absolute atomic E-state index is 12.1. The first-order valence-corrected chi connectivity index (χ1v) is 5.49. The van der Waals surface area contributed by atoms with Gasteiger partial charge < -0.3 is 14.7 Å². The van der Waals surface area contributed by atoms with Crippen molar-refractivity contribution in [3.63, 3.8) is 0 Å². The van der Waals surface area contributed by atoms with E-state index in [1.165, 1.54) is 11.9 Å². The van der Waals surface area contributed by atoms with Crippen molar-refractivity contribution in [2.75, 3.05) is 20.7 Å². The van der Waals surface area contributed by atoms with E-state index in [0.717, 1.165) is 11.1 Å². The molecule has 1 aromatic carbocycles. The maximum atomic E-state index is 12.1. The number of aryl methyl sites for hydroxylation is 2. The number of hydrogen-bond acceptors (Lipinski definition) is 3. The lowest BCUT2D eigenvalue weighted by Gasteiger charge is -2.17. The molecule has 5 heteroatoms. The number of carboxylic acids is 1. The monoisotopic (exact) mass is 251 g/mol. The fraction of sp³-hybridized carbons (Fsp3) is 0.385. The summed E-state index contributed by atoms with van der Waals surface area (Å²) < 4.78 is 5.17. The smallest absolute Gasteiger partial charge is 0.323 e. The van der Waals surface area contributed by atoms with Crippen LogP contribution in [0.4, 0.5) is 0 Å². The van der Waals surface area contributed by atoms with E-state index in [2.05, 4.69) is 0 Å². The number of aliphatic carboxylic acids is 1. The van der Waals surface area contributed by atoms with Crippen molar-refractivity contribution < 1.29 is 19.4 Å². The first-order valence-electron chi connectivity index (χ1n) is 5.49. The van der Waals surface area contributed by atoms with Gasteiger partial charge in [-0.25, -0.2) is 0 Å². The zero-order valence-electron chi connectivity index (χ0n) is 11.0. The molecule has 5 nitrogen and oxygen atoms in total.